The topological polar surface area (TPSA) is 46.6 Å². The number of hydrogen-bond donors (Lipinski definition) is 0. The average Bonchev–Trinajstić information content (AvgIpc) is 2.85. The van der Waals surface area contributed by atoms with E-state index in [2.05, 4.69) is 27.7 Å². The zero-order chi connectivity index (χ0) is 18.3. The molecule has 1 aliphatic heterocycles. The van der Waals surface area contributed by atoms with Gasteiger partial charge in [0.2, 0.25) is 0 Å². The van der Waals surface area contributed by atoms with Gasteiger partial charge in [0.25, 0.3) is 11.8 Å². The predicted octanol–water partition coefficient (Wildman–Crippen LogP) is 4.74. The summed E-state index contributed by atoms with van der Waals surface area (Å²) < 4.78 is 5.32. The molecule has 1 aliphatic rings. The third-order valence-corrected chi connectivity index (χ3v) is 4.66. The zero-order valence-corrected chi connectivity index (χ0v) is 15.3. The van der Waals surface area contributed by atoms with Crippen molar-refractivity contribution in [2.45, 2.75) is 39.5 Å². The van der Waals surface area contributed by atoms with Gasteiger partial charge in [0.05, 0.1) is 23.9 Å². The highest BCUT2D eigenvalue weighted by Gasteiger charge is 2.41. The molecule has 3 rings (SSSR count). The number of fused-ring (bicyclic) bond motifs is 1. The number of carbonyl (C=O) groups excluding carboxylic acids is 2. The van der Waals surface area contributed by atoms with Crippen molar-refractivity contribution in [2.75, 3.05) is 12.0 Å². The quantitative estimate of drug-likeness (QED) is 0.757. The maximum Gasteiger partial charge on any atom is 0.269 e. The summed E-state index contributed by atoms with van der Waals surface area (Å²) in [6.07, 6.45) is 0. The van der Waals surface area contributed by atoms with Crippen LogP contribution in [0.4, 0.5) is 5.69 Å². The number of rotatable bonds is 4. The Balaban J connectivity index is 2.25. The lowest BCUT2D eigenvalue weighted by Gasteiger charge is -2.25. The zero-order valence-electron chi connectivity index (χ0n) is 15.3. The molecule has 0 saturated heterocycles. The largest absolute Gasteiger partial charge is 0.496 e. The fourth-order valence-corrected chi connectivity index (χ4v) is 3.40. The molecule has 2 amide bonds. The van der Waals surface area contributed by atoms with Gasteiger partial charge < -0.3 is 4.74 Å². The highest BCUT2D eigenvalue weighted by Crippen LogP contribution is 2.41. The molecule has 0 aliphatic carbocycles. The number of methoxy groups -OCH3 is 1. The summed E-state index contributed by atoms with van der Waals surface area (Å²) in [6.45, 7) is 8.28. The van der Waals surface area contributed by atoms with Crippen LogP contribution in [0, 0.1) is 0 Å². The number of amides is 2. The number of ether oxygens (including phenoxy) is 1. The number of anilines is 1. The van der Waals surface area contributed by atoms with Crippen molar-refractivity contribution in [3.8, 4) is 5.75 Å². The van der Waals surface area contributed by atoms with E-state index >= 15 is 0 Å². The maximum atomic E-state index is 13.2. The molecule has 0 bridgehead atoms. The first-order valence-corrected chi connectivity index (χ1v) is 8.57. The summed E-state index contributed by atoms with van der Waals surface area (Å²) in [5.74, 6) is 0.229. The molecule has 0 saturated carbocycles. The van der Waals surface area contributed by atoms with Crippen molar-refractivity contribution in [3.63, 3.8) is 0 Å². The number of imide groups is 1. The van der Waals surface area contributed by atoms with E-state index in [1.807, 2.05) is 18.2 Å². The molecular weight excluding hydrogens is 314 g/mol. The lowest BCUT2D eigenvalue weighted by atomic mass is 9.92. The van der Waals surface area contributed by atoms with E-state index in [0.29, 0.717) is 16.9 Å². The van der Waals surface area contributed by atoms with Gasteiger partial charge in [-0.05, 0) is 35.1 Å². The minimum Gasteiger partial charge on any atom is -0.496 e. The summed E-state index contributed by atoms with van der Waals surface area (Å²) in [4.78, 5) is 27.6. The van der Waals surface area contributed by atoms with Crippen LogP contribution in [0.3, 0.4) is 0 Å². The highest BCUT2D eigenvalue weighted by atomic mass is 16.5. The molecule has 2 aromatic rings. The van der Waals surface area contributed by atoms with E-state index in [4.69, 9.17) is 4.74 Å². The normalized spacial score (nSPS) is 13.8. The summed E-state index contributed by atoms with van der Waals surface area (Å²) in [5, 5.41) is 0. The Kier molecular flexibility index (Phi) is 4.38. The molecule has 0 fully saturated rings. The number of para-hydroxylation sites is 1. The van der Waals surface area contributed by atoms with E-state index < -0.39 is 0 Å². The fourth-order valence-electron chi connectivity index (χ4n) is 3.40. The Morgan fingerprint density at radius 1 is 0.840 bits per heavy atom. The first-order chi connectivity index (χ1) is 11.9. The van der Waals surface area contributed by atoms with Crippen molar-refractivity contribution in [3.05, 3.63) is 58.7 Å². The molecular formula is C21H23NO3. The van der Waals surface area contributed by atoms with E-state index in [1.165, 1.54) is 12.0 Å². The van der Waals surface area contributed by atoms with Crippen molar-refractivity contribution in [2.24, 2.45) is 0 Å². The summed E-state index contributed by atoms with van der Waals surface area (Å²) in [5.41, 5.74) is 3.47. The van der Waals surface area contributed by atoms with Crippen LogP contribution < -0.4 is 9.64 Å². The molecule has 1 heterocycles. The van der Waals surface area contributed by atoms with E-state index in [-0.39, 0.29) is 23.7 Å². The second-order valence-corrected chi connectivity index (χ2v) is 6.92. The summed E-state index contributed by atoms with van der Waals surface area (Å²) in [7, 11) is 1.51. The van der Waals surface area contributed by atoms with Crippen molar-refractivity contribution in [1.29, 1.82) is 0 Å². The molecule has 0 radical (unpaired) electrons. The minimum atomic E-state index is -0.313. The van der Waals surface area contributed by atoms with Gasteiger partial charge in [0.15, 0.2) is 0 Å². The number of nitrogens with zero attached hydrogens (tertiary/aromatic N) is 1. The number of carbonyl (C=O) groups is 2. The second kappa shape index (κ2) is 6.36. The monoisotopic (exact) mass is 337 g/mol. The van der Waals surface area contributed by atoms with Gasteiger partial charge in [-0.25, -0.2) is 4.90 Å². The van der Waals surface area contributed by atoms with E-state index in [9.17, 15) is 9.59 Å². The van der Waals surface area contributed by atoms with Gasteiger partial charge in [-0.3, -0.25) is 9.59 Å². The van der Waals surface area contributed by atoms with Crippen LogP contribution in [0.1, 0.15) is 71.4 Å². The van der Waals surface area contributed by atoms with Crippen LogP contribution in [0.15, 0.2) is 36.4 Å². The molecule has 0 atom stereocenters. The second-order valence-electron chi connectivity index (χ2n) is 6.92. The molecule has 0 unspecified atom stereocenters. The van der Waals surface area contributed by atoms with Crippen LogP contribution >= 0.6 is 0 Å². The standard InChI is InChI=1S/C21H23NO3/c1-12(2)14-8-6-9-15(13(3)4)19(14)22-20(23)16-10-7-11-17(25-5)18(16)21(22)24/h6-13H,1-5H3. The Bertz CT molecular complexity index is 826. The first kappa shape index (κ1) is 17.2. The van der Waals surface area contributed by atoms with Crippen molar-refractivity contribution < 1.29 is 14.3 Å². The molecule has 0 spiro atoms. The molecule has 4 heteroatoms. The van der Waals surface area contributed by atoms with Gasteiger partial charge in [-0.2, -0.15) is 0 Å². The van der Waals surface area contributed by atoms with Crippen molar-refractivity contribution in [1.82, 2.24) is 0 Å². The number of hydrogen-bond acceptors (Lipinski definition) is 3. The number of benzene rings is 2. The molecule has 2 aromatic carbocycles. The molecule has 25 heavy (non-hydrogen) atoms. The Hall–Kier alpha value is -2.62. The van der Waals surface area contributed by atoms with Gasteiger partial charge in [-0.15, -0.1) is 0 Å². The van der Waals surface area contributed by atoms with Gasteiger partial charge in [0.1, 0.15) is 5.75 Å². The van der Waals surface area contributed by atoms with Crippen LogP contribution in [-0.2, 0) is 0 Å². The third-order valence-electron chi connectivity index (χ3n) is 4.66. The molecule has 4 nitrogen and oxygen atoms in total. The smallest absolute Gasteiger partial charge is 0.269 e. The average molecular weight is 337 g/mol. The maximum absolute atomic E-state index is 13.2. The Labute approximate surface area is 148 Å². The molecule has 0 aromatic heterocycles. The predicted molar refractivity (Wildman–Crippen MR) is 98.8 cm³/mol. The van der Waals surface area contributed by atoms with Gasteiger partial charge in [-0.1, -0.05) is 52.0 Å². The molecule has 130 valence electrons. The summed E-state index contributed by atoms with van der Waals surface area (Å²) >= 11 is 0. The fraction of sp³-hybridized carbons (Fsp3) is 0.333. The lowest BCUT2D eigenvalue weighted by molar-refractivity contribution is 0.0925. The van der Waals surface area contributed by atoms with Crippen LogP contribution in [0.5, 0.6) is 5.75 Å². The van der Waals surface area contributed by atoms with E-state index in [0.717, 1.165) is 16.8 Å². The van der Waals surface area contributed by atoms with Crippen molar-refractivity contribution >= 4 is 17.5 Å². The first-order valence-electron chi connectivity index (χ1n) is 8.57. The Morgan fingerprint density at radius 2 is 1.40 bits per heavy atom. The summed E-state index contributed by atoms with van der Waals surface area (Å²) in [6, 6.07) is 11.1. The SMILES string of the molecule is COc1cccc2c1C(=O)N(c1c(C(C)C)cccc1C(C)C)C2=O. The van der Waals surface area contributed by atoms with Crippen LogP contribution in [0.2, 0.25) is 0 Å². The lowest BCUT2D eigenvalue weighted by Crippen LogP contribution is -2.31. The van der Waals surface area contributed by atoms with Gasteiger partial charge >= 0.3 is 0 Å². The minimum absolute atomic E-state index is 0.194. The molecule has 0 N–H and O–H groups in total. The van der Waals surface area contributed by atoms with E-state index in [1.54, 1.807) is 18.2 Å². The highest BCUT2D eigenvalue weighted by molar-refractivity contribution is 6.35. The van der Waals surface area contributed by atoms with Crippen LogP contribution in [0.25, 0.3) is 0 Å². The van der Waals surface area contributed by atoms with Gasteiger partial charge in [0, 0.05) is 0 Å². The Morgan fingerprint density at radius 3 is 1.92 bits per heavy atom. The van der Waals surface area contributed by atoms with Crippen LogP contribution in [-0.4, -0.2) is 18.9 Å². The third kappa shape index (κ3) is 2.62.